The second-order valence-corrected chi connectivity index (χ2v) is 3.67. The van der Waals surface area contributed by atoms with Crippen molar-refractivity contribution in [2.45, 2.75) is 0 Å². The van der Waals surface area contributed by atoms with Gasteiger partial charge in [0.15, 0.2) is 34.4 Å². The number of rotatable bonds is 2. The molecule has 2 N–H and O–H groups in total. The molecule has 0 unspecified atom stereocenters. The number of benzene rings is 1. The molecule has 5 nitrogen and oxygen atoms in total. The molecule has 0 aliphatic rings. The number of hydrogen-bond acceptors (Lipinski definition) is 4. The Bertz CT molecular complexity index is 755. The molecule has 0 aliphatic heterocycles. The summed E-state index contributed by atoms with van der Waals surface area (Å²) in [6, 6.07) is 1.90. The highest BCUT2D eigenvalue weighted by molar-refractivity contribution is 5.84. The molecule has 0 atom stereocenters. The number of halogens is 3. The lowest BCUT2D eigenvalue weighted by molar-refractivity contribution is 0.449. The lowest BCUT2D eigenvalue weighted by Gasteiger charge is -2.07. The number of aromatic nitrogens is 4. The average Bonchev–Trinajstić information content (AvgIpc) is 2.89. The molecule has 2 heterocycles. The minimum absolute atomic E-state index is 0.191. The minimum Gasteiger partial charge on any atom is -0.336 e. The smallest absolute Gasteiger partial charge is 0.196 e. The molecule has 96 valence electrons. The van der Waals surface area contributed by atoms with Gasteiger partial charge < -0.3 is 10.3 Å². The number of nitrogens with zero attached hydrogens (tertiary/aromatic N) is 3. The van der Waals surface area contributed by atoms with Gasteiger partial charge in [0.1, 0.15) is 6.33 Å². The van der Waals surface area contributed by atoms with Crippen molar-refractivity contribution < 1.29 is 13.2 Å². The summed E-state index contributed by atoms with van der Waals surface area (Å²) in [5.74, 6) is -3.92. The zero-order valence-corrected chi connectivity index (χ0v) is 9.28. The van der Waals surface area contributed by atoms with E-state index in [1.165, 1.54) is 12.7 Å². The summed E-state index contributed by atoms with van der Waals surface area (Å²) < 4.78 is 39.4. The Kier molecular flexibility index (Phi) is 2.55. The van der Waals surface area contributed by atoms with E-state index in [0.29, 0.717) is 11.2 Å². The Labute approximate surface area is 104 Å². The van der Waals surface area contributed by atoms with E-state index in [0.717, 1.165) is 12.1 Å². The van der Waals surface area contributed by atoms with Crippen molar-refractivity contribution in [1.29, 1.82) is 0 Å². The molecule has 0 bridgehead atoms. The lowest BCUT2D eigenvalue weighted by atomic mass is 10.2. The first kappa shape index (κ1) is 11.5. The third-order valence-electron chi connectivity index (χ3n) is 2.51. The summed E-state index contributed by atoms with van der Waals surface area (Å²) in [4.78, 5) is 14.5. The van der Waals surface area contributed by atoms with Gasteiger partial charge in [-0.2, -0.15) is 0 Å². The monoisotopic (exact) mass is 265 g/mol. The second-order valence-electron chi connectivity index (χ2n) is 3.67. The molecular weight excluding hydrogens is 259 g/mol. The molecule has 0 aliphatic carbocycles. The third kappa shape index (κ3) is 1.86. The zero-order chi connectivity index (χ0) is 13.4. The van der Waals surface area contributed by atoms with E-state index < -0.39 is 17.5 Å². The highest BCUT2D eigenvalue weighted by atomic mass is 19.2. The second kappa shape index (κ2) is 4.23. The maximum atomic E-state index is 13.5. The van der Waals surface area contributed by atoms with Crippen LogP contribution in [0.5, 0.6) is 0 Å². The Morgan fingerprint density at radius 3 is 2.68 bits per heavy atom. The van der Waals surface area contributed by atoms with E-state index in [1.54, 1.807) is 0 Å². The molecule has 0 fully saturated rings. The predicted octanol–water partition coefficient (Wildman–Crippen LogP) is 2.51. The summed E-state index contributed by atoms with van der Waals surface area (Å²) in [5.41, 5.74) is 0.578. The number of nitrogens with one attached hydrogen (secondary N) is 2. The Balaban J connectivity index is 2.06. The van der Waals surface area contributed by atoms with Crippen molar-refractivity contribution in [3.63, 3.8) is 0 Å². The van der Waals surface area contributed by atoms with Crippen molar-refractivity contribution >= 4 is 22.7 Å². The van der Waals surface area contributed by atoms with Crippen LogP contribution in [-0.4, -0.2) is 19.9 Å². The highest BCUT2D eigenvalue weighted by Crippen LogP contribution is 2.24. The third-order valence-corrected chi connectivity index (χ3v) is 2.51. The Hall–Kier alpha value is -2.64. The minimum atomic E-state index is -1.54. The summed E-state index contributed by atoms with van der Waals surface area (Å²) in [6.07, 6.45) is 2.63. The molecule has 0 saturated heterocycles. The first-order valence-corrected chi connectivity index (χ1v) is 5.21. The van der Waals surface area contributed by atoms with Gasteiger partial charge in [0.05, 0.1) is 12.0 Å². The molecule has 3 rings (SSSR count). The molecule has 2 aromatic heterocycles. The van der Waals surface area contributed by atoms with E-state index in [1.807, 2.05) is 0 Å². The van der Waals surface area contributed by atoms with E-state index in [-0.39, 0.29) is 11.5 Å². The van der Waals surface area contributed by atoms with Crippen molar-refractivity contribution in [1.82, 2.24) is 19.9 Å². The fraction of sp³-hybridized carbons (Fsp3) is 0. The summed E-state index contributed by atoms with van der Waals surface area (Å²) in [5, 5.41) is 2.55. The quantitative estimate of drug-likeness (QED) is 0.699. The summed E-state index contributed by atoms with van der Waals surface area (Å²) in [6.45, 7) is 0. The van der Waals surface area contributed by atoms with Gasteiger partial charge in [-0.3, -0.25) is 0 Å². The van der Waals surface area contributed by atoms with Crippen LogP contribution in [0.4, 0.5) is 24.7 Å². The molecule has 1 aromatic carbocycles. The van der Waals surface area contributed by atoms with Gasteiger partial charge in [-0.1, -0.05) is 0 Å². The lowest BCUT2D eigenvalue weighted by Crippen LogP contribution is -2.01. The molecule has 0 amide bonds. The molecule has 0 radical (unpaired) electrons. The number of fused-ring (bicyclic) bond motifs is 1. The largest absolute Gasteiger partial charge is 0.336 e. The first-order chi connectivity index (χ1) is 9.16. The first-order valence-electron chi connectivity index (χ1n) is 5.21. The zero-order valence-electron chi connectivity index (χ0n) is 9.28. The number of H-pyrrole nitrogens is 1. The number of aromatic amines is 1. The maximum absolute atomic E-state index is 13.5. The highest BCUT2D eigenvalue weighted by Gasteiger charge is 2.15. The topological polar surface area (TPSA) is 66.5 Å². The van der Waals surface area contributed by atoms with Crippen molar-refractivity contribution in [2.24, 2.45) is 0 Å². The standard InChI is InChI=1S/C11H6F3N5/c12-5-1-2-6(8(14)7(5)13)19-11-9-10(16-3-15-9)17-4-18-11/h1-4H,(H2,15,16,17,18,19). The van der Waals surface area contributed by atoms with Crippen LogP contribution in [0.15, 0.2) is 24.8 Å². The van der Waals surface area contributed by atoms with Crippen LogP contribution in [0.2, 0.25) is 0 Å². The van der Waals surface area contributed by atoms with E-state index in [4.69, 9.17) is 0 Å². The molecular formula is C11H6F3N5. The van der Waals surface area contributed by atoms with Crippen LogP contribution in [0.3, 0.4) is 0 Å². The van der Waals surface area contributed by atoms with E-state index in [2.05, 4.69) is 25.3 Å². The van der Waals surface area contributed by atoms with Crippen molar-refractivity contribution in [2.75, 3.05) is 5.32 Å². The maximum Gasteiger partial charge on any atom is 0.196 e. The van der Waals surface area contributed by atoms with Gasteiger partial charge in [0, 0.05) is 0 Å². The predicted molar refractivity (Wildman–Crippen MR) is 61.3 cm³/mol. The summed E-state index contributed by atoms with van der Waals surface area (Å²) in [7, 11) is 0. The number of anilines is 2. The van der Waals surface area contributed by atoms with Crippen molar-refractivity contribution in [3.8, 4) is 0 Å². The van der Waals surface area contributed by atoms with Gasteiger partial charge in [0.2, 0.25) is 0 Å². The fourth-order valence-electron chi connectivity index (χ4n) is 1.61. The van der Waals surface area contributed by atoms with Gasteiger partial charge in [0.25, 0.3) is 0 Å². The normalized spacial score (nSPS) is 10.9. The summed E-state index contributed by atoms with van der Waals surface area (Å²) >= 11 is 0. The molecule has 0 spiro atoms. The van der Waals surface area contributed by atoms with Gasteiger partial charge in [-0.25, -0.2) is 28.1 Å². The SMILES string of the molecule is Fc1ccc(Nc2ncnc3[nH]cnc23)c(F)c1F. The Morgan fingerprint density at radius 2 is 1.84 bits per heavy atom. The van der Waals surface area contributed by atoms with Crippen LogP contribution in [0, 0.1) is 17.5 Å². The molecule has 8 heteroatoms. The Morgan fingerprint density at radius 1 is 1.00 bits per heavy atom. The van der Waals surface area contributed by atoms with Crippen LogP contribution in [0.1, 0.15) is 0 Å². The van der Waals surface area contributed by atoms with Crippen LogP contribution in [0.25, 0.3) is 11.2 Å². The molecule has 19 heavy (non-hydrogen) atoms. The molecule has 0 saturated carbocycles. The van der Waals surface area contributed by atoms with Crippen molar-refractivity contribution in [3.05, 3.63) is 42.2 Å². The van der Waals surface area contributed by atoms with E-state index >= 15 is 0 Å². The van der Waals surface area contributed by atoms with Gasteiger partial charge >= 0.3 is 0 Å². The fourth-order valence-corrected chi connectivity index (χ4v) is 1.61. The van der Waals surface area contributed by atoms with E-state index in [9.17, 15) is 13.2 Å². The average molecular weight is 265 g/mol. The van der Waals surface area contributed by atoms with Gasteiger partial charge in [-0.15, -0.1) is 0 Å². The number of imidazole rings is 1. The van der Waals surface area contributed by atoms with Crippen LogP contribution in [-0.2, 0) is 0 Å². The molecule has 3 aromatic rings. The van der Waals surface area contributed by atoms with Gasteiger partial charge in [-0.05, 0) is 12.1 Å². The van der Waals surface area contributed by atoms with Crippen LogP contribution < -0.4 is 5.32 Å². The van der Waals surface area contributed by atoms with Crippen LogP contribution >= 0.6 is 0 Å². The number of hydrogen-bond donors (Lipinski definition) is 2.